The zero-order valence-electron chi connectivity index (χ0n) is 8.02. The summed E-state index contributed by atoms with van der Waals surface area (Å²) in [6.07, 6.45) is 0. The van der Waals surface area contributed by atoms with E-state index in [-0.39, 0.29) is 0 Å². The Bertz CT molecular complexity index is 277. The summed E-state index contributed by atoms with van der Waals surface area (Å²) in [5.74, 6) is 1.92. The van der Waals surface area contributed by atoms with Gasteiger partial charge in [-0.25, -0.2) is 0 Å². The van der Waals surface area contributed by atoms with E-state index in [1.807, 2.05) is 30.3 Å². The molecule has 0 spiro atoms. The van der Waals surface area contributed by atoms with Crippen LogP contribution in [0.5, 0.6) is 5.75 Å². The molecule has 0 heterocycles. The zero-order chi connectivity index (χ0) is 10.2. The van der Waals surface area contributed by atoms with E-state index in [1.165, 1.54) is 0 Å². The third-order valence-corrected chi connectivity index (χ3v) is 2.98. The quantitative estimate of drug-likeness (QED) is 0.759. The van der Waals surface area contributed by atoms with Crippen molar-refractivity contribution >= 4 is 10.8 Å². The van der Waals surface area contributed by atoms with Gasteiger partial charge in [-0.15, -0.1) is 0 Å². The second-order valence-corrected chi connectivity index (χ2v) is 4.49. The number of benzene rings is 1. The lowest BCUT2D eigenvalue weighted by molar-refractivity contribution is 0.342. The Morgan fingerprint density at radius 3 is 2.57 bits per heavy atom. The SMILES string of the molecule is NCCS(=O)CCOc1ccccc1. The van der Waals surface area contributed by atoms with Gasteiger partial charge in [-0.3, -0.25) is 4.21 Å². The maximum Gasteiger partial charge on any atom is 0.119 e. The number of para-hydroxylation sites is 1. The molecule has 1 aromatic rings. The van der Waals surface area contributed by atoms with Crippen LogP contribution in [0, 0.1) is 0 Å². The summed E-state index contributed by atoms with van der Waals surface area (Å²) in [7, 11) is -0.844. The molecule has 0 saturated carbocycles. The van der Waals surface area contributed by atoms with Gasteiger partial charge in [-0.1, -0.05) is 18.2 Å². The third kappa shape index (κ3) is 4.39. The van der Waals surface area contributed by atoms with Crippen molar-refractivity contribution in [2.75, 3.05) is 24.7 Å². The van der Waals surface area contributed by atoms with Crippen LogP contribution in [-0.2, 0) is 10.8 Å². The maximum atomic E-state index is 11.2. The molecule has 1 unspecified atom stereocenters. The van der Waals surface area contributed by atoms with E-state index < -0.39 is 10.8 Å². The van der Waals surface area contributed by atoms with E-state index >= 15 is 0 Å². The molecular weight excluding hydrogens is 198 g/mol. The van der Waals surface area contributed by atoms with Crippen LogP contribution in [0.2, 0.25) is 0 Å². The van der Waals surface area contributed by atoms with Crippen molar-refractivity contribution in [1.29, 1.82) is 0 Å². The second-order valence-electron chi connectivity index (χ2n) is 2.80. The van der Waals surface area contributed by atoms with Crippen LogP contribution in [0.15, 0.2) is 30.3 Å². The molecule has 0 amide bonds. The van der Waals surface area contributed by atoms with Crippen LogP contribution in [-0.4, -0.2) is 28.9 Å². The summed E-state index contributed by atoms with van der Waals surface area (Å²) in [5, 5.41) is 0. The summed E-state index contributed by atoms with van der Waals surface area (Å²) in [6.45, 7) is 0.953. The molecule has 0 aromatic heterocycles. The van der Waals surface area contributed by atoms with Crippen molar-refractivity contribution in [3.8, 4) is 5.75 Å². The van der Waals surface area contributed by atoms with Crippen LogP contribution >= 0.6 is 0 Å². The molecule has 0 aliphatic rings. The van der Waals surface area contributed by atoms with E-state index in [0.29, 0.717) is 24.7 Å². The first kappa shape index (κ1) is 11.2. The highest BCUT2D eigenvalue weighted by molar-refractivity contribution is 7.85. The van der Waals surface area contributed by atoms with Gasteiger partial charge < -0.3 is 10.5 Å². The zero-order valence-corrected chi connectivity index (χ0v) is 8.83. The molecule has 1 rings (SSSR count). The van der Waals surface area contributed by atoms with Gasteiger partial charge in [0.05, 0.1) is 12.4 Å². The lowest BCUT2D eigenvalue weighted by atomic mass is 10.3. The molecule has 1 atom stereocenters. The van der Waals surface area contributed by atoms with Gasteiger partial charge in [0.25, 0.3) is 0 Å². The van der Waals surface area contributed by atoms with Crippen molar-refractivity contribution in [3.05, 3.63) is 30.3 Å². The van der Waals surface area contributed by atoms with Crippen LogP contribution in [0.1, 0.15) is 0 Å². The number of rotatable bonds is 6. The number of hydrogen-bond donors (Lipinski definition) is 1. The minimum atomic E-state index is -0.844. The highest BCUT2D eigenvalue weighted by atomic mass is 32.2. The fourth-order valence-corrected chi connectivity index (χ4v) is 1.74. The van der Waals surface area contributed by atoms with Crippen molar-refractivity contribution in [2.45, 2.75) is 0 Å². The minimum Gasteiger partial charge on any atom is -0.493 e. The molecule has 0 bridgehead atoms. The van der Waals surface area contributed by atoms with Gasteiger partial charge in [0.1, 0.15) is 5.75 Å². The summed E-state index contributed by atoms with van der Waals surface area (Å²) in [4.78, 5) is 0. The summed E-state index contributed by atoms with van der Waals surface area (Å²) in [6, 6.07) is 9.51. The lowest BCUT2D eigenvalue weighted by Crippen LogP contribution is -2.16. The first-order valence-corrected chi connectivity index (χ1v) is 6.04. The molecule has 78 valence electrons. The molecular formula is C10H15NO2S. The van der Waals surface area contributed by atoms with Gasteiger partial charge in [0.2, 0.25) is 0 Å². The molecule has 0 aliphatic heterocycles. The summed E-state index contributed by atoms with van der Waals surface area (Å²) < 4.78 is 16.6. The molecule has 0 aliphatic carbocycles. The fraction of sp³-hybridized carbons (Fsp3) is 0.400. The summed E-state index contributed by atoms with van der Waals surface area (Å²) >= 11 is 0. The van der Waals surface area contributed by atoms with Crippen molar-refractivity contribution in [2.24, 2.45) is 5.73 Å². The predicted molar refractivity (Wildman–Crippen MR) is 58.9 cm³/mol. The predicted octanol–water partition coefficient (Wildman–Crippen LogP) is 0.773. The topological polar surface area (TPSA) is 52.3 Å². The average molecular weight is 213 g/mol. The Kier molecular flexibility index (Phi) is 5.25. The number of hydrogen-bond acceptors (Lipinski definition) is 3. The molecule has 4 heteroatoms. The molecule has 0 saturated heterocycles. The Labute approximate surface area is 86.7 Å². The number of nitrogens with two attached hydrogens (primary N) is 1. The Balaban J connectivity index is 2.19. The van der Waals surface area contributed by atoms with Gasteiger partial charge in [0.15, 0.2) is 0 Å². The molecule has 0 radical (unpaired) electrons. The van der Waals surface area contributed by atoms with E-state index in [9.17, 15) is 4.21 Å². The third-order valence-electron chi connectivity index (χ3n) is 1.67. The second kappa shape index (κ2) is 6.56. The average Bonchev–Trinajstić information content (AvgIpc) is 2.20. The highest BCUT2D eigenvalue weighted by Crippen LogP contribution is 2.07. The molecule has 1 aromatic carbocycles. The van der Waals surface area contributed by atoms with Gasteiger partial charge in [0, 0.05) is 23.1 Å². The minimum absolute atomic E-state index is 0.470. The molecule has 0 fully saturated rings. The number of ether oxygens (including phenoxy) is 1. The Morgan fingerprint density at radius 1 is 1.21 bits per heavy atom. The summed E-state index contributed by atoms with van der Waals surface area (Å²) in [5.41, 5.74) is 5.28. The van der Waals surface area contributed by atoms with Crippen LogP contribution in [0.4, 0.5) is 0 Å². The largest absolute Gasteiger partial charge is 0.493 e. The van der Waals surface area contributed by atoms with Gasteiger partial charge >= 0.3 is 0 Å². The normalized spacial score (nSPS) is 12.4. The first-order valence-electron chi connectivity index (χ1n) is 4.56. The van der Waals surface area contributed by atoms with E-state index in [0.717, 1.165) is 5.75 Å². The van der Waals surface area contributed by atoms with E-state index in [1.54, 1.807) is 0 Å². The van der Waals surface area contributed by atoms with Crippen LogP contribution in [0.25, 0.3) is 0 Å². The lowest BCUT2D eigenvalue weighted by Gasteiger charge is -2.04. The molecule has 2 N–H and O–H groups in total. The van der Waals surface area contributed by atoms with Crippen molar-refractivity contribution in [3.63, 3.8) is 0 Å². The molecule has 3 nitrogen and oxygen atoms in total. The van der Waals surface area contributed by atoms with E-state index in [4.69, 9.17) is 10.5 Å². The monoisotopic (exact) mass is 213 g/mol. The van der Waals surface area contributed by atoms with Gasteiger partial charge in [-0.2, -0.15) is 0 Å². The standard InChI is InChI=1S/C10H15NO2S/c11-6-8-14(12)9-7-13-10-4-2-1-3-5-10/h1-5H,6-9,11H2. The Hall–Kier alpha value is -0.870. The highest BCUT2D eigenvalue weighted by Gasteiger charge is 1.98. The first-order chi connectivity index (χ1) is 6.83. The molecule has 14 heavy (non-hydrogen) atoms. The van der Waals surface area contributed by atoms with Crippen molar-refractivity contribution < 1.29 is 8.95 Å². The van der Waals surface area contributed by atoms with E-state index in [2.05, 4.69) is 0 Å². The van der Waals surface area contributed by atoms with Crippen molar-refractivity contribution in [1.82, 2.24) is 0 Å². The van der Waals surface area contributed by atoms with Gasteiger partial charge in [-0.05, 0) is 12.1 Å². The smallest absolute Gasteiger partial charge is 0.119 e. The Morgan fingerprint density at radius 2 is 1.93 bits per heavy atom. The van der Waals surface area contributed by atoms with Crippen LogP contribution < -0.4 is 10.5 Å². The maximum absolute atomic E-state index is 11.2. The fourth-order valence-electron chi connectivity index (χ4n) is 1.00. The van der Waals surface area contributed by atoms with Crippen LogP contribution in [0.3, 0.4) is 0 Å².